The molecule has 3 heterocycles. The third kappa shape index (κ3) is 8.06. The zero-order valence-electron chi connectivity index (χ0n) is 28.4. The van der Waals surface area contributed by atoms with Crippen LogP contribution in [-0.4, -0.2) is 45.4 Å². The number of carbonyl (C=O) groups excluding carboxylic acids is 1. The highest BCUT2D eigenvalue weighted by Gasteiger charge is 2.46. The van der Waals surface area contributed by atoms with Gasteiger partial charge in [0.2, 0.25) is 5.91 Å². The van der Waals surface area contributed by atoms with Crippen LogP contribution in [0, 0.1) is 23.5 Å². The maximum Gasteiger partial charge on any atom is 0.290 e. The van der Waals surface area contributed by atoms with Crippen molar-refractivity contribution >= 4 is 33.8 Å². The number of nitrogens with two attached hydrogens (primary N) is 1. The number of rotatable bonds is 10. The Hall–Kier alpha value is -5.25. The first kappa shape index (κ1) is 37.5. The fourth-order valence-electron chi connectivity index (χ4n) is 6.40. The average Bonchev–Trinajstić information content (AvgIpc) is 3.69. The first-order chi connectivity index (χ1) is 24.9. The molecule has 0 spiro atoms. The van der Waals surface area contributed by atoms with Crippen molar-refractivity contribution in [2.75, 3.05) is 4.72 Å². The van der Waals surface area contributed by atoms with Crippen molar-refractivity contribution in [2.45, 2.75) is 63.6 Å². The highest BCUT2D eigenvalue weighted by atomic mass is 32.2. The van der Waals surface area contributed by atoms with Gasteiger partial charge in [0.05, 0.1) is 17.3 Å². The predicted octanol–water partition coefficient (Wildman–Crippen LogP) is 5.26. The van der Waals surface area contributed by atoms with Gasteiger partial charge in [-0.25, -0.2) is 31.9 Å². The molecule has 6 rings (SSSR count). The van der Waals surface area contributed by atoms with E-state index in [9.17, 15) is 40.5 Å². The van der Waals surface area contributed by atoms with Crippen LogP contribution < -0.4 is 15.2 Å². The van der Waals surface area contributed by atoms with Gasteiger partial charge in [-0.05, 0) is 68.5 Å². The van der Waals surface area contributed by atoms with Crippen molar-refractivity contribution in [1.82, 2.24) is 29.9 Å². The molecule has 2 aromatic carbocycles. The maximum absolute atomic E-state index is 14.9. The number of aromatic nitrogens is 5. The van der Waals surface area contributed by atoms with Crippen LogP contribution in [0.2, 0.25) is 0 Å². The lowest BCUT2D eigenvalue weighted by Gasteiger charge is -2.23. The fraction of sp³-hybridized carbons (Fsp3) is 0.314. The number of halogens is 6. The normalized spacial score (nSPS) is 14.9. The number of hydrogen-bond donors (Lipinski definition) is 4. The number of fused-ring (bicyclic) bond motifs is 2. The summed E-state index contributed by atoms with van der Waals surface area (Å²) in [5, 5.41) is 27.0. The van der Waals surface area contributed by atoms with Gasteiger partial charge >= 0.3 is 0 Å². The Bertz CT molecular complexity index is 2310. The Kier molecular flexibility index (Phi) is 10.1. The number of nitrogens with one attached hydrogen (secondary N) is 2. The molecule has 0 saturated heterocycles. The molecule has 5 N–H and O–H groups in total. The number of para-hydroxylation sites is 1. The zero-order chi connectivity index (χ0) is 38.4. The average molecular weight is 759 g/mol. The molecule has 1 aliphatic carbocycles. The molecule has 11 nitrogen and oxygen atoms in total. The van der Waals surface area contributed by atoms with Crippen LogP contribution in [0.25, 0.3) is 22.0 Å². The van der Waals surface area contributed by atoms with E-state index in [1.165, 1.54) is 18.5 Å². The number of amides is 1. The predicted molar refractivity (Wildman–Crippen MR) is 183 cm³/mol. The zero-order valence-corrected chi connectivity index (χ0v) is 29.2. The van der Waals surface area contributed by atoms with Gasteiger partial charge in [-0.15, -0.1) is 0 Å². The Morgan fingerprint density at radius 1 is 1.09 bits per heavy atom. The second kappa shape index (κ2) is 14.3. The molecule has 1 aliphatic rings. The molecule has 5 aromatic rings. The number of carbonyl (C=O) groups is 1. The maximum atomic E-state index is 14.9. The molecule has 3 aromatic heterocycles. The molecule has 18 heteroatoms. The van der Waals surface area contributed by atoms with E-state index in [0.717, 1.165) is 12.1 Å². The van der Waals surface area contributed by atoms with Gasteiger partial charge in [0.1, 0.15) is 40.9 Å². The summed E-state index contributed by atoms with van der Waals surface area (Å²) in [6, 6.07) is 9.73. The minimum atomic E-state index is -3.51. The third-order valence-electron chi connectivity index (χ3n) is 8.42. The van der Waals surface area contributed by atoms with Crippen molar-refractivity contribution < 1.29 is 40.5 Å². The molecule has 0 aliphatic heterocycles. The van der Waals surface area contributed by atoms with E-state index in [4.69, 9.17) is 10.1 Å². The van der Waals surface area contributed by atoms with Gasteiger partial charge in [-0.2, -0.15) is 19.0 Å². The molecule has 0 saturated carbocycles. The highest BCUT2D eigenvalue weighted by Crippen LogP contribution is 2.45. The van der Waals surface area contributed by atoms with Gasteiger partial charge in [-0.3, -0.25) is 18.9 Å². The molecule has 278 valence electrons. The van der Waals surface area contributed by atoms with E-state index in [2.05, 4.69) is 32.1 Å². The summed E-state index contributed by atoms with van der Waals surface area (Å²) in [6.45, 7) is 2.01. The molecule has 2 atom stereocenters. The Labute approximate surface area is 301 Å². The van der Waals surface area contributed by atoms with Gasteiger partial charge in [0, 0.05) is 41.6 Å². The van der Waals surface area contributed by atoms with Gasteiger partial charge in [0.25, 0.3) is 12.3 Å². The van der Waals surface area contributed by atoms with Gasteiger partial charge < -0.3 is 10.4 Å². The second-order valence-electron chi connectivity index (χ2n) is 13.0. The number of benzene rings is 2. The topological polar surface area (TPSA) is 153 Å². The standard InChI is InChI=1S/C35H32F6N8O3S/c1-34(2,51)11-9-21-7-8-22(23-5-4-6-25-30(23)48(3)46-33(25)47-53(42)52)28(43-21)26(15-18-13-19(36)16-20(37)14-18)44-27(50)17-49-31-24(10-12-35(31,40)41)29(45-49)32(38)39/h4-8,13-14,16,26,32,51H,10,12,15,17,42H2,1-3H3,(H,44,50)(H,46,47). The lowest BCUT2D eigenvalue weighted by atomic mass is 9.93. The summed E-state index contributed by atoms with van der Waals surface area (Å²) >= 11 is -1.97. The largest absolute Gasteiger partial charge is 0.378 e. The monoisotopic (exact) mass is 758 g/mol. The minimum absolute atomic E-state index is 0.0793. The third-order valence-corrected chi connectivity index (χ3v) is 8.81. The Morgan fingerprint density at radius 2 is 1.81 bits per heavy atom. The van der Waals surface area contributed by atoms with Crippen molar-refractivity contribution in [3.8, 4) is 23.0 Å². The molecule has 0 radical (unpaired) electrons. The first-order valence-electron chi connectivity index (χ1n) is 16.1. The summed E-state index contributed by atoms with van der Waals surface area (Å²) in [7, 11) is 1.62. The highest BCUT2D eigenvalue weighted by molar-refractivity contribution is 7.84. The summed E-state index contributed by atoms with van der Waals surface area (Å²) in [4.78, 5) is 18.5. The second-order valence-corrected chi connectivity index (χ2v) is 13.8. The van der Waals surface area contributed by atoms with Crippen LogP contribution >= 0.6 is 0 Å². The van der Waals surface area contributed by atoms with Crippen molar-refractivity contribution in [1.29, 1.82) is 0 Å². The summed E-state index contributed by atoms with van der Waals surface area (Å²) in [5.41, 5.74) is -1.72. The smallest absolute Gasteiger partial charge is 0.290 e. The minimum Gasteiger partial charge on any atom is -0.378 e. The van der Waals surface area contributed by atoms with Crippen molar-refractivity contribution in [2.24, 2.45) is 12.2 Å². The number of pyridine rings is 1. The van der Waals surface area contributed by atoms with Crippen LogP contribution in [-0.2, 0) is 48.3 Å². The molecular weight excluding hydrogens is 726 g/mol. The summed E-state index contributed by atoms with van der Waals surface area (Å²) in [5.74, 6) is -0.656. The number of aliphatic hydroxyl groups is 1. The number of nitrogens with zero attached hydrogens (tertiary/aromatic N) is 5. The van der Waals surface area contributed by atoms with Crippen LogP contribution in [0.5, 0.6) is 0 Å². The van der Waals surface area contributed by atoms with Crippen molar-refractivity contribution in [3.63, 3.8) is 0 Å². The van der Waals surface area contributed by atoms with E-state index >= 15 is 0 Å². The number of hydrogen-bond acceptors (Lipinski definition) is 6. The Balaban J connectivity index is 1.51. The quantitative estimate of drug-likeness (QED) is 0.113. The van der Waals surface area contributed by atoms with E-state index in [-0.39, 0.29) is 41.2 Å². The Morgan fingerprint density at radius 3 is 2.47 bits per heavy atom. The fourth-order valence-corrected chi connectivity index (χ4v) is 6.74. The van der Waals surface area contributed by atoms with E-state index < -0.39 is 77.1 Å². The molecule has 0 bridgehead atoms. The summed E-state index contributed by atoms with van der Waals surface area (Å²) in [6.07, 6.45) is -4.52. The van der Waals surface area contributed by atoms with Crippen molar-refractivity contribution in [3.05, 3.63) is 94.1 Å². The van der Waals surface area contributed by atoms with Gasteiger partial charge in [-0.1, -0.05) is 18.1 Å². The summed E-state index contributed by atoms with van der Waals surface area (Å²) < 4.78 is 103. The number of anilines is 1. The SMILES string of the molecule is Cn1nc(NS(N)=O)c2cccc(-c3ccc(C#CC(C)(C)O)nc3C(Cc3cc(F)cc(F)c3)NC(=O)Cn3nc(C(F)F)c4c3C(F)(F)CC4)c21. The lowest BCUT2D eigenvalue weighted by molar-refractivity contribution is -0.122. The molecule has 53 heavy (non-hydrogen) atoms. The van der Waals surface area contributed by atoms with Crippen LogP contribution in [0.4, 0.5) is 32.2 Å². The first-order valence-corrected chi connectivity index (χ1v) is 17.3. The molecule has 1 amide bonds. The molecule has 0 fully saturated rings. The van der Waals surface area contributed by atoms with Crippen LogP contribution in [0.15, 0.2) is 48.5 Å². The van der Waals surface area contributed by atoms with Crippen LogP contribution in [0.1, 0.15) is 66.6 Å². The number of aryl methyl sites for hydroxylation is 1. The molecular formula is C35H32F6N8O3S. The van der Waals surface area contributed by atoms with Crippen LogP contribution in [0.3, 0.4) is 0 Å². The molecule has 2 unspecified atom stereocenters. The lowest BCUT2D eigenvalue weighted by Crippen LogP contribution is -2.35. The number of alkyl halides is 4. The van der Waals surface area contributed by atoms with E-state index in [1.807, 2.05) is 0 Å². The van der Waals surface area contributed by atoms with Gasteiger partial charge in [0.15, 0.2) is 17.0 Å². The van der Waals surface area contributed by atoms with E-state index in [0.29, 0.717) is 32.8 Å². The van der Waals surface area contributed by atoms with E-state index in [1.54, 1.807) is 37.4 Å².